The second-order valence-electron chi connectivity index (χ2n) is 5.69. The first-order valence-corrected chi connectivity index (χ1v) is 7.71. The number of para-hydroxylation sites is 1. The molecule has 1 aromatic carbocycles. The molecule has 0 bridgehead atoms. The fourth-order valence-corrected chi connectivity index (χ4v) is 2.67. The van der Waals surface area contributed by atoms with Crippen LogP contribution in [0.1, 0.15) is 11.4 Å². The quantitative estimate of drug-likeness (QED) is 0.894. The van der Waals surface area contributed by atoms with Crippen LogP contribution in [-0.4, -0.2) is 60.2 Å². The average Bonchev–Trinajstić information content (AvgIpc) is 2.55. The molecule has 0 atom stereocenters. The molecule has 7 heteroatoms. The second kappa shape index (κ2) is 6.78. The zero-order valence-corrected chi connectivity index (χ0v) is 13.6. The largest absolute Gasteiger partial charge is 0.496 e. The van der Waals surface area contributed by atoms with Gasteiger partial charge in [0, 0.05) is 38.2 Å². The van der Waals surface area contributed by atoms with Gasteiger partial charge < -0.3 is 20.3 Å². The zero-order valence-electron chi connectivity index (χ0n) is 13.6. The molecule has 3 rings (SSSR count). The van der Waals surface area contributed by atoms with E-state index in [1.165, 1.54) is 0 Å². The number of nitrogens with zero attached hydrogens (tertiary/aromatic N) is 5. The van der Waals surface area contributed by atoms with Gasteiger partial charge >= 0.3 is 0 Å². The summed E-state index contributed by atoms with van der Waals surface area (Å²) in [7, 11) is 3.78. The molecule has 0 radical (unpaired) electrons. The third-order valence-electron chi connectivity index (χ3n) is 4.01. The van der Waals surface area contributed by atoms with Crippen molar-refractivity contribution in [1.82, 2.24) is 19.9 Å². The Bertz CT molecular complexity index is 669. The van der Waals surface area contributed by atoms with Crippen LogP contribution in [0.4, 0.5) is 11.9 Å². The summed E-state index contributed by atoms with van der Waals surface area (Å²) in [6.45, 7) is 3.78. The maximum absolute atomic E-state index is 5.89. The summed E-state index contributed by atoms with van der Waals surface area (Å²) in [6, 6.07) is 7.86. The number of nitrogens with two attached hydrogens (primary N) is 1. The fourth-order valence-electron chi connectivity index (χ4n) is 2.67. The van der Waals surface area contributed by atoms with Crippen molar-refractivity contribution < 1.29 is 4.74 Å². The van der Waals surface area contributed by atoms with Crippen LogP contribution >= 0.6 is 0 Å². The Kier molecular flexibility index (Phi) is 4.57. The van der Waals surface area contributed by atoms with Crippen LogP contribution in [0, 0.1) is 0 Å². The molecule has 7 nitrogen and oxygen atoms in total. The Morgan fingerprint density at radius 1 is 1.09 bits per heavy atom. The van der Waals surface area contributed by atoms with E-state index in [4.69, 9.17) is 10.5 Å². The van der Waals surface area contributed by atoms with Gasteiger partial charge in [0.05, 0.1) is 7.11 Å². The van der Waals surface area contributed by atoms with Crippen molar-refractivity contribution in [3.63, 3.8) is 0 Å². The standard InChI is InChI=1S/C16H22N6O/c1-21-7-9-22(10-8-21)16-19-14(18-15(17)20-16)11-12-5-3-4-6-13(12)23-2/h3-6H,7-11H2,1-2H3,(H2,17,18,19,20). The highest BCUT2D eigenvalue weighted by molar-refractivity contribution is 5.39. The predicted octanol–water partition coefficient (Wildman–Crippen LogP) is 0.805. The van der Waals surface area contributed by atoms with E-state index < -0.39 is 0 Å². The van der Waals surface area contributed by atoms with E-state index in [-0.39, 0.29) is 5.95 Å². The van der Waals surface area contributed by atoms with Gasteiger partial charge in [-0.1, -0.05) is 18.2 Å². The van der Waals surface area contributed by atoms with Crippen LogP contribution in [-0.2, 0) is 6.42 Å². The molecule has 2 aromatic rings. The number of benzene rings is 1. The summed E-state index contributed by atoms with van der Waals surface area (Å²) in [5.74, 6) is 2.41. The minimum absolute atomic E-state index is 0.263. The maximum Gasteiger partial charge on any atom is 0.230 e. The number of nitrogen functional groups attached to an aromatic ring is 1. The third kappa shape index (κ3) is 3.68. The number of likely N-dealkylation sites (N-methyl/N-ethyl adjacent to an activating group) is 1. The summed E-state index contributed by atoms with van der Waals surface area (Å²) in [4.78, 5) is 17.6. The lowest BCUT2D eigenvalue weighted by molar-refractivity contribution is 0.311. The normalized spacial score (nSPS) is 15.7. The van der Waals surface area contributed by atoms with E-state index in [0.717, 1.165) is 37.5 Å². The Morgan fingerprint density at radius 2 is 1.83 bits per heavy atom. The highest BCUT2D eigenvalue weighted by atomic mass is 16.5. The molecule has 0 aliphatic carbocycles. The number of piperazine rings is 1. The molecule has 1 aromatic heterocycles. The number of aromatic nitrogens is 3. The molecule has 0 saturated carbocycles. The molecule has 1 saturated heterocycles. The molecule has 2 heterocycles. The SMILES string of the molecule is COc1ccccc1Cc1nc(N)nc(N2CCN(C)CC2)n1. The Labute approximate surface area is 136 Å². The summed E-state index contributed by atoms with van der Waals surface area (Å²) in [5, 5.41) is 0. The van der Waals surface area contributed by atoms with Gasteiger partial charge in [-0.3, -0.25) is 0 Å². The molecular weight excluding hydrogens is 292 g/mol. The number of hydrogen-bond acceptors (Lipinski definition) is 7. The minimum Gasteiger partial charge on any atom is -0.496 e. The number of hydrogen-bond donors (Lipinski definition) is 1. The Balaban J connectivity index is 1.83. The van der Waals surface area contributed by atoms with Crippen LogP contribution in [0.3, 0.4) is 0 Å². The van der Waals surface area contributed by atoms with Gasteiger partial charge in [0.15, 0.2) is 0 Å². The van der Waals surface area contributed by atoms with Crippen molar-refractivity contribution in [2.45, 2.75) is 6.42 Å². The summed E-state index contributed by atoms with van der Waals surface area (Å²) >= 11 is 0. The van der Waals surface area contributed by atoms with Crippen LogP contribution in [0.2, 0.25) is 0 Å². The minimum atomic E-state index is 0.263. The van der Waals surface area contributed by atoms with E-state index in [2.05, 4.69) is 31.8 Å². The monoisotopic (exact) mass is 314 g/mol. The van der Waals surface area contributed by atoms with Crippen LogP contribution < -0.4 is 15.4 Å². The molecular formula is C16H22N6O. The van der Waals surface area contributed by atoms with Gasteiger partial charge in [-0.05, 0) is 13.1 Å². The first kappa shape index (κ1) is 15.5. The van der Waals surface area contributed by atoms with Crippen molar-refractivity contribution in [3.8, 4) is 5.75 Å². The van der Waals surface area contributed by atoms with Gasteiger partial charge in [-0.25, -0.2) is 0 Å². The van der Waals surface area contributed by atoms with E-state index in [0.29, 0.717) is 18.2 Å². The molecule has 0 spiro atoms. The van der Waals surface area contributed by atoms with Gasteiger partial charge in [-0.15, -0.1) is 0 Å². The first-order chi connectivity index (χ1) is 11.2. The second-order valence-corrected chi connectivity index (χ2v) is 5.69. The Hall–Kier alpha value is -2.41. The van der Waals surface area contributed by atoms with Crippen molar-refractivity contribution in [2.24, 2.45) is 0 Å². The van der Waals surface area contributed by atoms with E-state index in [1.807, 2.05) is 24.3 Å². The summed E-state index contributed by atoms with van der Waals surface area (Å²) in [5.41, 5.74) is 6.92. The van der Waals surface area contributed by atoms with Crippen LogP contribution in [0.5, 0.6) is 5.75 Å². The van der Waals surface area contributed by atoms with Crippen LogP contribution in [0.15, 0.2) is 24.3 Å². The summed E-state index contributed by atoms with van der Waals surface area (Å²) in [6.07, 6.45) is 0.567. The van der Waals surface area contributed by atoms with Crippen molar-refractivity contribution >= 4 is 11.9 Å². The predicted molar refractivity (Wildman–Crippen MR) is 89.7 cm³/mol. The van der Waals surface area contributed by atoms with Crippen molar-refractivity contribution in [1.29, 1.82) is 0 Å². The van der Waals surface area contributed by atoms with E-state index in [1.54, 1.807) is 7.11 Å². The molecule has 1 aliphatic heterocycles. The number of rotatable bonds is 4. The Morgan fingerprint density at radius 3 is 2.57 bits per heavy atom. The molecule has 122 valence electrons. The molecule has 23 heavy (non-hydrogen) atoms. The maximum atomic E-state index is 5.89. The van der Waals surface area contributed by atoms with Gasteiger partial charge in [0.2, 0.25) is 11.9 Å². The molecule has 2 N–H and O–H groups in total. The first-order valence-electron chi connectivity index (χ1n) is 7.71. The lowest BCUT2D eigenvalue weighted by Gasteiger charge is -2.32. The van der Waals surface area contributed by atoms with E-state index >= 15 is 0 Å². The van der Waals surface area contributed by atoms with Crippen molar-refractivity contribution in [2.75, 3.05) is 51.0 Å². The third-order valence-corrected chi connectivity index (χ3v) is 4.01. The molecule has 1 fully saturated rings. The number of methoxy groups -OCH3 is 1. The molecule has 0 unspecified atom stereocenters. The number of ether oxygens (including phenoxy) is 1. The average molecular weight is 314 g/mol. The number of anilines is 2. The van der Waals surface area contributed by atoms with Crippen LogP contribution in [0.25, 0.3) is 0 Å². The van der Waals surface area contributed by atoms with Gasteiger partial charge in [0.1, 0.15) is 11.6 Å². The smallest absolute Gasteiger partial charge is 0.230 e. The zero-order chi connectivity index (χ0) is 16.2. The highest BCUT2D eigenvalue weighted by Gasteiger charge is 2.18. The van der Waals surface area contributed by atoms with Gasteiger partial charge in [0.25, 0.3) is 0 Å². The highest BCUT2D eigenvalue weighted by Crippen LogP contribution is 2.21. The molecule has 1 aliphatic rings. The fraction of sp³-hybridized carbons (Fsp3) is 0.438. The summed E-state index contributed by atoms with van der Waals surface area (Å²) < 4.78 is 5.39. The van der Waals surface area contributed by atoms with Crippen molar-refractivity contribution in [3.05, 3.63) is 35.7 Å². The molecule has 0 amide bonds. The lowest BCUT2D eigenvalue weighted by Crippen LogP contribution is -2.45. The lowest BCUT2D eigenvalue weighted by atomic mass is 10.1. The van der Waals surface area contributed by atoms with E-state index in [9.17, 15) is 0 Å². The topological polar surface area (TPSA) is 80.4 Å². The van der Waals surface area contributed by atoms with Gasteiger partial charge in [-0.2, -0.15) is 15.0 Å².